The van der Waals surface area contributed by atoms with Crippen LogP contribution in [-0.4, -0.2) is 46.0 Å². The Bertz CT molecular complexity index is 1060. The Kier molecular flexibility index (Phi) is 4.01. The second kappa shape index (κ2) is 6.28. The third-order valence-corrected chi connectivity index (χ3v) is 4.80. The molecule has 28 heavy (non-hydrogen) atoms. The molecule has 0 fully saturated rings. The van der Waals surface area contributed by atoms with Gasteiger partial charge in [-0.3, -0.25) is 10.3 Å². The van der Waals surface area contributed by atoms with E-state index in [-0.39, 0.29) is 17.2 Å². The van der Waals surface area contributed by atoms with Gasteiger partial charge in [0.05, 0.1) is 30.9 Å². The van der Waals surface area contributed by atoms with Gasteiger partial charge in [-0.15, -0.1) is 0 Å². The fourth-order valence-corrected chi connectivity index (χ4v) is 3.38. The Hall–Kier alpha value is -3.52. The van der Waals surface area contributed by atoms with Gasteiger partial charge in [0.2, 0.25) is 0 Å². The topological polar surface area (TPSA) is 115 Å². The van der Waals surface area contributed by atoms with Gasteiger partial charge in [0.25, 0.3) is 0 Å². The van der Waals surface area contributed by atoms with Crippen molar-refractivity contribution in [2.75, 3.05) is 19.1 Å². The van der Waals surface area contributed by atoms with Gasteiger partial charge in [0.1, 0.15) is 28.7 Å². The van der Waals surface area contributed by atoms with E-state index in [9.17, 15) is 10.2 Å². The summed E-state index contributed by atoms with van der Waals surface area (Å²) < 4.78 is 10.6. The van der Waals surface area contributed by atoms with Crippen molar-refractivity contribution < 1.29 is 19.7 Å². The second-order valence-corrected chi connectivity index (χ2v) is 6.60. The number of hydrogen-bond donors (Lipinski definition) is 4. The van der Waals surface area contributed by atoms with E-state index >= 15 is 0 Å². The zero-order valence-corrected chi connectivity index (χ0v) is 15.6. The molecule has 1 aromatic heterocycles. The third-order valence-electron chi connectivity index (χ3n) is 4.80. The molecule has 2 heterocycles. The number of fused-ring (bicyclic) bond motifs is 1. The molecule has 0 bridgehead atoms. The summed E-state index contributed by atoms with van der Waals surface area (Å²) in [7, 11) is 3.03. The smallest absolute Gasteiger partial charge is 0.200 e. The first-order chi connectivity index (χ1) is 13.4. The number of para-hydroxylation sites is 2. The molecule has 1 atom stereocenters. The van der Waals surface area contributed by atoms with Crippen LogP contribution in [0, 0.1) is 5.41 Å². The predicted molar refractivity (Wildman–Crippen MR) is 106 cm³/mol. The summed E-state index contributed by atoms with van der Waals surface area (Å²) in [4.78, 5) is 8.85. The number of ether oxygens (including phenoxy) is 2. The number of aromatic nitrogens is 2. The maximum Gasteiger partial charge on any atom is 0.200 e. The number of hydrogen-bond acceptors (Lipinski definition) is 6. The molecule has 0 saturated heterocycles. The van der Waals surface area contributed by atoms with Crippen molar-refractivity contribution in [3.63, 3.8) is 0 Å². The Balaban J connectivity index is 1.84. The Morgan fingerprint density at radius 2 is 1.75 bits per heavy atom. The molecule has 0 saturated carbocycles. The molecular weight excluding hydrogens is 360 g/mol. The molecule has 144 valence electrons. The van der Waals surface area contributed by atoms with Gasteiger partial charge in [-0.2, -0.15) is 0 Å². The number of methoxy groups -OCH3 is 2. The number of nitrogens with one attached hydrogen (secondary N) is 2. The van der Waals surface area contributed by atoms with E-state index in [4.69, 9.17) is 14.9 Å². The highest BCUT2D eigenvalue weighted by Gasteiger charge is 2.48. The molecular formula is C20H20N4O4. The third kappa shape index (κ3) is 2.57. The molecule has 1 unspecified atom stereocenters. The van der Waals surface area contributed by atoms with Crippen LogP contribution in [0.2, 0.25) is 0 Å². The molecule has 0 spiro atoms. The van der Waals surface area contributed by atoms with Crippen LogP contribution in [0.15, 0.2) is 48.2 Å². The zero-order chi connectivity index (χ0) is 20.1. The lowest BCUT2D eigenvalue weighted by Gasteiger charge is -2.32. The Morgan fingerprint density at radius 3 is 2.36 bits per heavy atom. The molecule has 1 aliphatic heterocycles. The van der Waals surface area contributed by atoms with Gasteiger partial charge >= 0.3 is 0 Å². The van der Waals surface area contributed by atoms with Crippen LogP contribution in [-0.2, 0) is 0 Å². The molecule has 2 aromatic carbocycles. The van der Waals surface area contributed by atoms with Crippen LogP contribution in [0.5, 0.6) is 11.5 Å². The van der Waals surface area contributed by atoms with E-state index in [0.29, 0.717) is 28.5 Å². The zero-order valence-electron chi connectivity index (χ0n) is 15.6. The molecule has 4 N–H and O–H groups in total. The van der Waals surface area contributed by atoms with E-state index in [1.165, 1.54) is 26.0 Å². The standard InChI is InChI=1S/C20H20N4O4/c1-20(26)17(25)16(19-22-14-6-4-5-7-15(14)23-19)18(21)24(20)11-8-12(27-2)10-13(9-11)28-3/h4-10,21,25-26H,1-3H3,(H,22,23). The monoisotopic (exact) mass is 380 g/mol. The molecule has 8 nitrogen and oxygen atoms in total. The van der Waals surface area contributed by atoms with Gasteiger partial charge in [-0.1, -0.05) is 12.1 Å². The number of benzene rings is 2. The molecule has 1 aliphatic rings. The van der Waals surface area contributed by atoms with Crippen LogP contribution >= 0.6 is 0 Å². The Labute approximate surface area is 161 Å². The first-order valence-corrected chi connectivity index (χ1v) is 8.60. The predicted octanol–water partition coefficient (Wildman–Crippen LogP) is 3.06. The Morgan fingerprint density at radius 1 is 1.11 bits per heavy atom. The SMILES string of the molecule is COc1cc(OC)cc(N2C(=N)C(c3nc4ccccc4[nH]3)=C(O)C2(C)O)c1. The van der Waals surface area contributed by atoms with Gasteiger partial charge in [0.15, 0.2) is 11.5 Å². The first kappa shape index (κ1) is 17.9. The molecule has 0 amide bonds. The molecule has 0 aliphatic carbocycles. The molecule has 4 rings (SSSR count). The number of aromatic amines is 1. The number of anilines is 1. The summed E-state index contributed by atoms with van der Waals surface area (Å²) in [5, 5.41) is 30.5. The summed E-state index contributed by atoms with van der Waals surface area (Å²) in [6.45, 7) is 1.42. The van der Waals surface area contributed by atoms with Gasteiger partial charge in [-0.25, -0.2) is 4.98 Å². The lowest BCUT2D eigenvalue weighted by molar-refractivity contribution is 0.0682. The first-order valence-electron chi connectivity index (χ1n) is 8.60. The largest absolute Gasteiger partial charge is 0.506 e. The second-order valence-electron chi connectivity index (χ2n) is 6.60. The van der Waals surface area contributed by atoms with Crippen molar-refractivity contribution in [3.8, 4) is 11.5 Å². The van der Waals surface area contributed by atoms with Crippen molar-refractivity contribution in [2.24, 2.45) is 0 Å². The lowest BCUT2D eigenvalue weighted by atomic mass is 10.1. The summed E-state index contributed by atoms with van der Waals surface area (Å²) in [6.07, 6.45) is 0. The van der Waals surface area contributed by atoms with Crippen molar-refractivity contribution in [1.82, 2.24) is 9.97 Å². The number of amidine groups is 1. The molecule has 3 aromatic rings. The van der Waals surface area contributed by atoms with Crippen molar-refractivity contribution in [2.45, 2.75) is 12.6 Å². The number of imidazole rings is 1. The summed E-state index contributed by atoms with van der Waals surface area (Å²) in [5.41, 5.74) is 0.188. The molecule has 0 radical (unpaired) electrons. The minimum Gasteiger partial charge on any atom is -0.506 e. The van der Waals surface area contributed by atoms with Gasteiger partial charge < -0.3 is 24.7 Å². The number of aliphatic hydroxyl groups is 2. The van der Waals surface area contributed by atoms with Crippen LogP contribution < -0.4 is 14.4 Å². The van der Waals surface area contributed by atoms with E-state index in [0.717, 1.165) is 5.52 Å². The summed E-state index contributed by atoms with van der Waals surface area (Å²) in [5.74, 6) is 0.834. The highest BCUT2D eigenvalue weighted by Crippen LogP contribution is 2.42. The van der Waals surface area contributed by atoms with E-state index < -0.39 is 5.72 Å². The summed E-state index contributed by atoms with van der Waals surface area (Å²) in [6, 6.07) is 12.4. The van der Waals surface area contributed by atoms with Crippen molar-refractivity contribution >= 4 is 28.1 Å². The number of nitrogens with zero attached hydrogens (tertiary/aromatic N) is 2. The van der Waals surface area contributed by atoms with Crippen molar-refractivity contribution in [3.05, 3.63) is 54.0 Å². The fraction of sp³-hybridized carbons (Fsp3) is 0.200. The lowest BCUT2D eigenvalue weighted by Crippen LogP contribution is -2.46. The van der Waals surface area contributed by atoms with Crippen LogP contribution in [0.1, 0.15) is 12.7 Å². The number of H-pyrrole nitrogens is 1. The minimum atomic E-state index is -1.84. The van der Waals surface area contributed by atoms with E-state index in [2.05, 4.69) is 9.97 Å². The van der Waals surface area contributed by atoms with Crippen LogP contribution in [0.4, 0.5) is 5.69 Å². The normalized spacial score (nSPS) is 19.6. The maximum absolute atomic E-state index is 11.0. The highest BCUT2D eigenvalue weighted by atomic mass is 16.5. The number of aliphatic hydroxyl groups excluding tert-OH is 1. The fourth-order valence-electron chi connectivity index (χ4n) is 3.38. The van der Waals surface area contributed by atoms with Crippen LogP contribution in [0.3, 0.4) is 0 Å². The highest BCUT2D eigenvalue weighted by molar-refractivity contribution is 6.31. The average Bonchev–Trinajstić information content (AvgIpc) is 3.17. The summed E-state index contributed by atoms with van der Waals surface area (Å²) >= 11 is 0. The van der Waals surface area contributed by atoms with Crippen molar-refractivity contribution in [1.29, 1.82) is 5.41 Å². The maximum atomic E-state index is 11.0. The van der Waals surface area contributed by atoms with Crippen LogP contribution in [0.25, 0.3) is 16.6 Å². The molecule has 8 heteroatoms. The minimum absolute atomic E-state index is 0.100. The van der Waals surface area contributed by atoms with E-state index in [1.807, 2.05) is 24.3 Å². The van der Waals surface area contributed by atoms with E-state index in [1.54, 1.807) is 18.2 Å². The quantitative estimate of drug-likeness (QED) is 0.553. The average molecular weight is 380 g/mol. The number of rotatable bonds is 4. The van der Waals surface area contributed by atoms with Gasteiger partial charge in [0, 0.05) is 18.2 Å². The van der Waals surface area contributed by atoms with Gasteiger partial charge in [-0.05, 0) is 19.1 Å².